The maximum atomic E-state index is 12.6. The van der Waals surface area contributed by atoms with Crippen molar-refractivity contribution in [3.63, 3.8) is 0 Å². The Morgan fingerprint density at radius 2 is 1.86 bits per heavy atom. The molecule has 0 saturated heterocycles. The Kier molecular flexibility index (Phi) is 5.66. The van der Waals surface area contributed by atoms with Crippen LogP contribution in [0.5, 0.6) is 5.75 Å². The van der Waals surface area contributed by atoms with Crippen molar-refractivity contribution in [3.8, 4) is 11.4 Å². The number of methoxy groups -OCH3 is 1. The lowest BCUT2D eigenvalue weighted by Crippen LogP contribution is -2.08. The lowest BCUT2D eigenvalue weighted by atomic mass is 10.3. The van der Waals surface area contributed by atoms with E-state index in [2.05, 4.69) is 5.10 Å². The summed E-state index contributed by atoms with van der Waals surface area (Å²) in [6, 6.07) is 5.77. The van der Waals surface area contributed by atoms with Gasteiger partial charge < -0.3 is 4.74 Å². The fraction of sp³-hybridized carbons (Fsp3) is 0.357. The second kappa shape index (κ2) is 6.85. The fourth-order valence-electron chi connectivity index (χ4n) is 1.72. The van der Waals surface area contributed by atoms with Crippen LogP contribution < -0.4 is 4.74 Å². The molecule has 2 aromatic rings. The van der Waals surface area contributed by atoms with Crippen molar-refractivity contribution in [3.05, 3.63) is 40.7 Å². The summed E-state index contributed by atoms with van der Waals surface area (Å²) in [6.45, 7) is 5.53. The molecule has 0 radical (unpaired) electrons. The van der Waals surface area contributed by atoms with Crippen LogP contribution in [-0.2, 0) is 6.18 Å². The van der Waals surface area contributed by atoms with Gasteiger partial charge in [0, 0.05) is 5.69 Å². The number of alkyl halides is 3. The van der Waals surface area contributed by atoms with Crippen LogP contribution in [0.1, 0.15) is 25.2 Å². The van der Waals surface area contributed by atoms with Gasteiger partial charge in [0.25, 0.3) is 0 Å². The summed E-state index contributed by atoms with van der Waals surface area (Å²) in [5.41, 5.74) is -0.247. The van der Waals surface area contributed by atoms with Crippen LogP contribution in [0.4, 0.5) is 13.2 Å². The highest BCUT2D eigenvalue weighted by molar-refractivity contribution is 6.32. The van der Waals surface area contributed by atoms with E-state index in [1.807, 2.05) is 13.8 Å². The van der Waals surface area contributed by atoms with E-state index in [0.29, 0.717) is 16.4 Å². The van der Waals surface area contributed by atoms with Crippen molar-refractivity contribution < 1.29 is 17.9 Å². The molecule has 0 fully saturated rings. The van der Waals surface area contributed by atoms with E-state index in [-0.39, 0.29) is 5.75 Å². The average molecular weight is 321 g/mol. The van der Waals surface area contributed by atoms with E-state index in [1.165, 1.54) is 14.0 Å². The third-order valence-corrected chi connectivity index (χ3v) is 2.85. The van der Waals surface area contributed by atoms with Gasteiger partial charge in [-0.25, -0.2) is 4.68 Å². The van der Waals surface area contributed by atoms with E-state index in [9.17, 15) is 13.2 Å². The van der Waals surface area contributed by atoms with Gasteiger partial charge in [0.15, 0.2) is 11.4 Å². The first kappa shape index (κ1) is 17.4. The number of halogens is 4. The van der Waals surface area contributed by atoms with Crippen molar-refractivity contribution in [1.29, 1.82) is 0 Å². The molecule has 0 saturated carbocycles. The van der Waals surface area contributed by atoms with Gasteiger partial charge in [0.05, 0.1) is 12.1 Å². The van der Waals surface area contributed by atoms with Gasteiger partial charge in [0.1, 0.15) is 5.69 Å². The molecule has 0 aliphatic carbocycles. The van der Waals surface area contributed by atoms with Crippen LogP contribution in [0, 0.1) is 6.92 Å². The molecule has 1 aromatic carbocycles. The maximum absolute atomic E-state index is 12.6. The molecule has 7 heteroatoms. The summed E-state index contributed by atoms with van der Waals surface area (Å²) < 4.78 is 44.1. The zero-order valence-corrected chi connectivity index (χ0v) is 12.9. The van der Waals surface area contributed by atoms with E-state index in [1.54, 1.807) is 18.2 Å². The van der Waals surface area contributed by atoms with Gasteiger partial charge in [-0.2, -0.15) is 18.3 Å². The normalized spacial score (nSPS) is 10.9. The monoisotopic (exact) mass is 320 g/mol. The highest BCUT2D eigenvalue weighted by atomic mass is 35.5. The van der Waals surface area contributed by atoms with Crippen molar-refractivity contribution >= 4 is 11.6 Å². The Morgan fingerprint density at radius 3 is 2.33 bits per heavy atom. The molecule has 2 rings (SSSR count). The van der Waals surface area contributed by atoms with Crippen LogP contribution in [0.25, 0.3) is 5.69 Å². The number of aromatic nitrogens is 2. The first-order valence-electron chi connectivity index (χ1n) is 6.31. The fourth-order valence-corrected chi connectivity index (χ4v) is 1.97. The van der Waals surface area contributed by atoms with E-state index in [0.717, 1.165) is 10.7 Å². The molecule has 0 aliphatic heterocycles. The zero-order valence-electron chi connectivity index (χ0n) is 12.1. The number of benzene rings is 1. The minimum Gasteiger partial charge on any atom is -0.493 e. The van der Waals surface area contributed by atoms with Gasteiger partial charge >= 0.3 is 6.18 Å². The Hall–Kier alpha value is -1.69. The summed E-state index contributed by atoms with van der Waals surface area (Å²) >= 11 is 5.94. The van der Waals surface area contributed by atoms with E-state index < -0.39 is 11.9 Å². The van der Waals surface area contributed by atoms with Crippen molar-refractivity contribution in [1.82, 2.24) is 9.78 Å². The van der Waals surface area contributed by atoms with Crippen LogP contribution in [0.15, 0.2) is 24.3 Å². The Balaban J connectivity index is 0.00000106. The smallest absolute Gasteiger partial charge is 0.435 e. The molecule has 0 unspecified atom stereocenters. The highest BCUT2D eigenvalue weighted by Crippen LogP contribution is 2.34. The third-order valence-electron chi connectivity index (χ3n) is 2.56. The van der Waals surface area contributed by atoms with Crippen molar-refractivity contribution in [2.24, 2.45) is 0 Å². The van der Waals surface area contributed by atoms with E-state index in [4.69, 9.17) is 16.3 Å². The van der Waals surface area contributed by atoms with Gasteiger partial charge in [-0.05, 0) is 25.1 Å². The highest BCUT2D eigenvalue weighted by Gasteiger charge is 2.34. The number of aryl methyl sites for hydroxylation is 1. The topological polar surface area (TPSA) is 27.1 Å². The first-order valence-corrected chi connectivity index (χ1v) is 6.69. The summed E-state index contributed by atoms with van der Waals surface area (Å²) in [7, 11) is 1.40. The SMILES string of the molecule is CC.COc1c(Cl)cccc1-n1nc(C(F)(F)F)cc1C. The van der Waals surface area contributed by atoms with Crippen LogP contribution >= 0.6 is 11.6 Å². The predicted molar refractivity (Wildman–Crippen MR) is 76.2 cm³/mol. The number of nitrogens with zero attached hydrogens (tertiary/aromatic N) is 2. The first-order chi connectivity index (χ1) is 9.84. The number of para-hydroxylation sites is 1. The minimum absolute atomic E-state index is 0.282. The molecule has 0 spiro atoms. The summed E-state index contributed by atoms with van der Waals surface area (Å²) in [5, 5.41) is 3.86. The number of ether oxygens (including phenoxy) is 1. The van der Waals surface area contributed by atoms with Crippen LogP contribution in [0.2, 0.25) is 5.02 Å². The molecule has 116 valence electrons. The molecule has 0 bridgehead atoms. The molecule has 0 aliphatic rings. The molecule has 21 heavy (non-hydrogen) atoms. The largest absolute Gasteiger partial charge is 0.493 e. The predicted octanol–water partition coefficient (Wildman–Crippen LogP) is 4.89. The lowest BCUT2D eigenvalue weighted by Gasteiger charge is -2.11. The number of hydrogen-bond acceptors (Lipinski definition) is 2. The van der Waals surface area contributed by atoms with Gasteiger partial charge in [-0.1, -0.05) is 31.5 Å². The summed E-state index contributed by atoms with van der Waals surface area (Å²) in [5.74, 6) is 0.282. The Bertz CT molecular complexity index is 609. The maximum Gasteiger partial charge on any atom is 0.435 e. The van der Waals surface area contributed by atoms with Gasteiger partial charge in [-0.15, -0.1) is 0 Å². The van der Waals surface area contributed by atoms with Gasteiger partial charge in [-0.3, -0.25) is 0 Å². The molecule has 0 amide bonds. The average Bonchev–Trinajstić information content (AvgIpc) is 2.83. The second-order valence-corrected chi connectivity index (χ2v) is 4.28. The van der Waals surface area contributed by atoms with E-state index >= 15 is 0 Å². The van der Waals surface area contributed by atoms with Crippen LogP contribution in [-0.4, -0.2) is 16.9 Å². The summed E-state index contributed by atoms with van der Waals surface area (Å²) in [4.78, 5) is 0. The number of rotatable bonds is 2. The number of hydrogen-bond donors (Lipinski definition) is 0. The van der Waals surface area contributed by atoms with Gasteiger partial charge in [0.2, 0.25) is 0 Å². The molecule has 3 nitrogen and oxygen atoms in total. The lowest BCUT2D eigenvalue weighted by molar-refractivity contribution is -0.141. The molecule has 0 N–H and O–H groups in total. The second-order valence-electron chi connectivity index (χ2n) is 3.87. The Labute approximate surface area is 126 Å². The van der Waals surface area contributed by atoms with Crippen molar-refractivity contribution in [2.45, 2.75) is 26.9 Å². The standard InChI is InChI=1S/C12H10ClF3N2O.C2H6/c1-7-6-10(12(14,15)16)17-18(7)9-5-3-4-8(13)11(9)19-2;1-2/h3-6H,1-2H3;1-2H3. The molecular weight excluding hydrogens is 305 g/mol. The minimum atomic E-state index is -4.48. The summed E-state index contributed by atoms with van der Waals surface area (Å²) in [6.07, 6.45) is -4.48. The van der Waals surface area contributed by atoms with Crippen molar-refractivity contribution in [2.75, 3.05) is 7.11 Å². The molecule has 1 heterocycles. The van der Waals surface area contributed by atoms with Crippen LogP contribution in [0.3, 0.4) is 0 Å². The zero-order chi connectivity index (χ0) is 16.2. The third kappa shape index (κ3) is 3.69. The molecular formula is C14H16ClF3N2O. The Morgan fingerprint density at radius 1 is 1.24 bits per heavy atom. The quantitative estimate of drug-likeness (QED) is 0.788. The molecule has 1 aromatic heterocycles. The molecule has 0 atom stereocenters.